The lowest BCUT2D eigenvalue weighted by molar-refractivity contribution is -0.202. The number of hydrogen-bond acceptors (Lipinski definition) is 2. The summed E-state index contributed by atoms with van der Waals surface area (Å²) >= 11 is 0. The van der Waals surface area contributed by atoms with Gasteiger partial charge in [0.15, 0.2) is 0 Å². The van der Waals surface area contributed by atoms with Crippen molar-refractivity contribution in [2.45, 2.75) is 137 Å². The zero-order valence-electron chi connectivity index (χ0n) is 23.2. The number of fused-ring (bicyclic) bond motifs is 5. The summed E-state index contributed by atoms with van der Waals surface area (Å²) in [6.07, 6.45) is 19.1. The van der Waals surface area contributed by atoms with Crippen LogP contribution in [-0.2, 0) is 4.74 Å². The summed E-state index contributed by atoms with van der Waals surface area (Å²) in [6, 6.07) is 0. The van der Waals surface area contributed by atoms with Gasteiger partial charge in [0.1, 0.15) is 0 Å². The van der Waals surface area contributed by atoms with Crippen molar-refractivity contribution in [2.75, 3.05) is 6.61 Å². The summed E-state index contributed by atoms with van der Waals surface area (Å²) in [5.41, 5.74) is 0.669. The van der Waals surface area contributed by atoms with Crippen molar-refractivity contribution in [3.8, 4) is 0 Å². The fourth-order valence-corrected chi connectivity index (χ4v) is 10.9. The quantitative estimate of drug-likeness (QED) is 0.421. The number of rotatable bonds is 6. The minimum atomic E-state index is -0.154. The molecular formula is C32H56O2. The van der Waals surface area contributed by atoms with Crippen molar-refractivity contribution in [3.05, 3.63) is 0 Å². The average molecular weight is 473 g/mol. The topological polar surface area (TPSA) is 29.5 Å². The van der Waals surface area contributed by atoms with Crippen LogP contribution in [-0.4, -0.2) is 23.9 Å². The summed E-state index contributed by atoms with van der Waals surface area (Å²) in [5, 5.41) is 12.0. The van der Waals surface area contributed by atoms with Crippen molar-refractivity contribution < 1.29 is 9.84 Å². The normalized spacial score (nSPS) is 49.9. The third-order valence-electron chi connectivity index (χ3n) is 12.7. The van der Waals surface area contributed by atoms with Crippen molar-refractivity contribution in [1.29, 1.82) is 0 Å². The fraction of sp³-hybridized carbons (Fsp3) is 1.00. The monoisotopic (exact) mass is 472 g/mol. The van der Waals surface area contributed by atoms with Gasteiger partial charge in [-0.25, -0.2) is 0 Å². The van der Waals surface area contributed by atoms with Gasteiger partial charge >= 0.3 is 0 Å². The first-order valence-electron chi connectivity index (χ1n) is 15.6. The highest BCUT2D eigenvalue weighted by atomic mass is 16.5. The molecule has 0 aromatic heterocycles. The number of hydrogen-bond donors (Lipinski definition) is 1. The minimum absolute atomic E-state index is 0.120. The average Bonchev–Trinajstić information content (AvgIpc) is 3.17. The van der Waals surface area contributed by atoms with Crippen molar-refractivity contribution in [3.63, 3.8) is 0 Å². The first kappa shape index (κ1) is 25.6. The Hall–Kier alpha value is -0.0800. The van der Waals surface area contributed by atoms with E-state index in [1.54, 1.807) is 0 Å². The molecule has 1 heterocycles. The second-order valence-electron chi connectivity index (χ2n) is 14.6. The second-order valence-corrected chi connectivity index (χ2v) is 14.6. The fourth-order valence-electron chi connectivity index (χ4n) is 10.9. The van der Waals surface area contributed by atoms with Crippen molar-refractivity contribution >= 4 is 0 Å². The van der Waals surface area contributed by atoms with E-state index in [-0.39, 0.29) is 11.5 Å². The maximum Gasteiger partial charge on any atom is 0.0652 e. The molecule has 2 heteroatoms. The lowest BCUT2D eigenvalue weighted by atomic mass is 9.42. The first-order chi connectivity index (χ1) is 16.3. The van der Waals surface area contributed by atoms with Gasteiger partial charge in [-0.2, -0.15) is 0 Å². The molecule has 0 aromatic rings. The number of aliphatic hydroxyl groups excluding tert-OH is 1. The van der Waals surface area contributed by atoms with E-state index in [1.165, 1.54) is 89.9 Å². The van der Waals surface area contributed by atoms with Crippen LogP contribution in [0.2, 0.25) is 0 Å². The molecule has 1 N–H and O–H groups in total. The van der Waals surface area contributed by atoms with E-state index in [4.69, 9.17) is 4.74 Å². The Bertz CT molecular complexity index is 682. The predicted molar refractivity (Wildman–Crippen MR) is 142 cm³/mol. The maximum absolute atomic E-state index is 12.0. The van der Waals surface area contributed by atoms with Gasteiger partial charge in [0.25, 0.3) is 0 Å². The molecule has 1 saturated heterocycles. The van der Waals surface area contributed by atoms with Crippen LogP contribution in [0, 0.1) is 58.2 Å². The third kappa shape index (κ3) is 4.23. The molecule has 0 amide bonds. The molecule has 0 aromatic carbocycles. The number of ether oxygens (including phenoxy) is 1. The highest BCUT2D eigenvalue weighted by molar-refractivity contribution is 5.12. The maximum atomic E-state index is 12.0. The van der Waals surface area contributed by atoms with Crippen molar-refractivity contribution in [1.82, 2.24) is 0 Å². The molecule has 4 saturated carbocycles. The minimum Gasteiger partial charge on any atom is -0.392 e. The van der Waals surface area contributed by atoms with Gasteiger partial charge in [-0.1, -0.05) is 53.9 Å². The Morgan fingerprint density at radius 3 is 2.29 bits per heavy atom. The summed E-state index contributed by atoms with van der Waals surface area (Å²) in [4.78, 5) is 0. The second kappa shape index (κ2) is 10.00. The van der Waals surface area contributed by atoms with Crippen LogP contribution in [0.5, 0.6) is 0 Å². The molecular weight excluding hydrogens is 416 g/mol. The SMILES string of the molecule is CC(C)CCC[C@H](C)[C@@H]1CC[C@H]2[C@H]3CC[C@@H]4CCC(C5CCCCO5)C(O)[C@]4(C)[C@H]3CC[C@@]21C. The van der Waals surface area contributed by atoms with Crippen LogP contribution >= 0.6 is 0 Å². The molecule has 3 unspecified atom stereocenters. The molecule has 0 bridgehead atoms. The molecule has 196 valence electrons. The Morgan fingerprint density at radius 1 is 0.824 bits per heavy atom. The summed E-state index contributed by atoms with van der Waals surface area (Å²) in [6.45, 7) is 13.5. The molecule has 0 radical (unpaired) electrons. The summed E-state index contributed by atoms with van der Waals surface area (Å²) in [7, 11) is 0. The van der Waals surface area contributed by atoms with E-state index in [0.717, 1.165) is 48.0 Å². The van der Waals surface area contributed by atoms with Crippen LogP contribution in [0.15, 0.2) is 0 Å². The van der Waals surface area contributed by atoms with Gasteiger partial charge in [-0.05, 0) is 123 Å². The molecule has 11 atom stereocenters. The van der Waals surface area contributed by atoms with Crippen LogP contribution in [0.3, 0.4) is 0 Å². The Kier molecular flexibility index (Phi) is 7.52. The molecule has 2 nitrogen and oxygen atoms in total. The van der Waals surface area contributed by atoms with Crippen LogP contribution < -0.4 is 0 Å². The van der Waals surface area contributed by atoms with Crippen molar-refractivity contribution in [2.24, 2.45) is 58.2 Å². The lowest BCUT2D eigenvalue weighted by Gasteiger charge is -2.63. The van der Waals surface area contributed by atoms with Crippen LogP contribution in [0.1, 0.15) is 125 Å². The Balaban J connectivity index is 1.31. The summed E-state index contributed by atoms with van der Waals surface area (Å²) in [5.74, 6) is 6.26. The van der Waals surface area contributed by atoms with E-state index in [2.05, 4.69) is 34.6 Å². The largest absolute Gasteiger partial charge is 0.392 e. The lowest BCUT2D eigenvalue weighted by Crippen LogP contribution is -2.61. The van der Waals surface area contributed by atoms with E-state index in [9.17, 15) is 5.11 Å². The van der Waals surface area contributed by atoms with Gasteiger partial charge in [-0.3, -0.25) is 0 Å². The molecule has 4 aliphatic carbocycles. The van der Waals surface area contributed by atoms with E-state index >= 15 is 0 Å². The van der Waals surface area contributed by atoms with Crippen LogP contribution in [0.4, 0.5) is 0 Å². The van der Waals surface area contributed by atoms with E-state index in [0.29, 0.717) is 17.4 Å². The van der Waals surface area contributed by atoms with E-state index in [1.807, 2.05) is 0 Å². The van der Waals surface area contributed by atoms with Gasteiger partial charge in [-0.15, -0.1) is 0 Å². The highest BCUT2D eigenvalue weighted by Gasteiger charge is 2.63. The molecule has 5 rings (SSSR count). The Morgan fingerprint density at radius 2 is 1.59 bits per heavy atom. The number of aliphatic hydroxyl groups is 1. The molecule has 5 fully saturated rings. The van der Waals surface area contributed by atoms with Gasteiger partial charge in [0, 0.05) is 12.5 Å². The molecule has 0 spiro atoms. The molecule has 34 heavy (non-hydrogen) atoms. The molecule has 5 aliphatic rings. The first-order valence-corrected chi connectivity index (χ1v) is 15.6. The zero-order chi connectivity index (χ0) is 24.1. The highest BCUT2D eigenvalue weighted by Crippen LogP contribution is 2.69. The van der Waals surface area contributed by atoms with Gasteiger partial charge in [0.2, 0.25) is 0 Å². The smallest absolute Gasteiger partial charge is 0.0652 e. The third-order valence-corrected chi connectivity index (χ3v) is 12.7. The Labute approximate surface area is 211 Å². The summed E-state index contributed by atoms with van der Waals surface area (Å²) < 4.78 is 6.26. The standard InChI is InChI=1S/C32H56O2/c1-21(2)9-8-10-22(3)26-16-17-27-24-14-12-23-13-15-25(29-11-6-7-20-34-29)30(33)32(23,5)28(24)18-19-31(26,27)4/h21-30,33H,6-20H2,1-5H3/t22-,23+,24+,25?,26-,27-,28-,29?,30?,31+,32-/m0/s1. The predicted octanol–water partition coefficient (Wildman–Crippen LogP) is 8.26. The van der Waals surface area contributed by atoms with Gasteiger partial charge < -0.3 is 9.84 Å². The molecule has 1 aliphatic heterocycles. The van der Waals surface area contributed by atoms with E-state index < -0.39 is 0 Å². The van der Waals surface area contributed by atoms with Gasteiger partial charge in [0.05, 0.1) is 12.2 Å². The zero-order valence-corrected chi connectivity index (χ0v) is 23.2. The van der Waals surface area contributed by atoms with Crippen LogP contribution in [0.25, 0.3) is 0 Å².